The van der Waals surface area contributed by atoms with Gasteiger partial charge in [-0.15, -0.1) is 0 Å². The largest absolute Gasteiger partial charge is 0.378 e. The van der Waals surface area contributed by atoms with Crippen molar-refractivity contribution >= 4 is 0 Å². The van der Waals surface area contributed by atoms with E-state index in [0.717, 1.165) is 32.4 Å². The van der Waals surface area contributed by atoms with Gasteiger partial charge in [0.15, 0.2) is 0 Å². The predicted octanol–water partition coefficient (Wildman–Crippen LogP) is 1.27. The van der Waals surface area contributed by atoms with E-state index in [0.29, 0.717) is 18.2 Å². The molecule has 0 bridgehead atoms. The first-order valence-corrected chi connectivity index (χ1v) is 6.31. The van der Waals surface area contributed by atoms with E-state index in [-0.39, 0.29) is 5.56 Å². The Kier molecular flexibility index (Phi) is 4.34. The number of nitrogens with two attached hydrogens (primary N) is 1. The Labute approximate surface area is 101 Å². The van der Waals surface area contributed by atoms with Crippen molar-refractivity contribution in [2.75, 3.05) is 6.61 Å². The minimum Gasteiger partial charge on any atom is -0.378 e. The summed E-state index contributed by atoms with van der Waals surface area (Å²) >= 11 is 0. The summed E-state index contributed by atoms with van der Waals surface area (Å²) in [5.41, 5.74) is 6.24. The van der Waals surface area contributed by atoms with Crippen LogP contribution in [0.15, 0.2) is 23.1 Å². The fraction of sp³-hybridized carbons (Fsp3) is 0.615. The summed E-state index contributed by atoms with van der Waals surface area (Å²) in [7, 11) is 0. The van der Waals surface area contributed by atoms with E-state index in [9.17, 15) is 4.79 Å². The standard InChI is InChI=1S/C13H20N2O2/c14-10-11-4-1-7-15(13(11)16)8-2-5-12-6-3-9-17-12/h1,4,7,12H,2-3,5-6,8-10,14H2. The molecule has 0 spiro atoms. The normalized spacial score (nSPS) is 19.7. The molecule has 1 aromatic rings. The maximum atomic E-state index is 11.9. The maximum absolute atomic E-state index is 11.9. The van der Waals surface area contributed by atoms with E-state index in [4.69, 9.17) is 10.5 Å². The molecular weight excluding hydrogens is 216 g/mol. The monoisotopic (exact) mass is 236 g/mol. The van der Waals surface area contributed by atoms with Crippen molar-refractivity contribution in [3.8, 4) is 0 Å². The molecule has 1 aliphatic rings. The van der Waals surface area contributed by atoms with E-state index in [1.54, 1.807) is 10.6 Å². The van der Waals surface area contributed by atoms with Gasteiger partial charge < -0.3 is 15.0 Å². The van der Waals surface area contributed by atoms with Crippen LogP contribution in [0.2, 0.25) is 0 Å². The molecule has 1 unspecified atom stereocenters. The van der Waals surface area contributed by atoms with Crippen LogP contribution in [0.5, 0.6) is 0 Å². The molecule has 94 valence electrons. The highest BCUT2D eigenvalue weighted by atomic mass is 16.5. The van der Waals surface area contributed by atoms with Crippen molar-refractivity contribution in [2.24, 2.45) is 5.73 Å². The van der Waals surface area contributed by atoms with Gasteiger partial charge in [0.05, 0.1) is 6.10 Å². The van der Waals surface area contributed by atoms with Gasteiger partial charge in [0.25, 0.3) is 5.56 Å². The van der Waals surface area contributed by atoms with Gasteiger partial charge in [-0.2, -0.15) is 0 Å². The lowest BCUT2D eigenvalue weighted by molar-refractivity contribution is 0.101. The second-order valence-corrected chi connectivity index (χ2v) is 4.51. The first-order valence-electron chi connectivity index (χ1n) is 6.31. The highest BCUT2D eigenvalue weighted by molar-refractivity contribution is 5.09. The van der Waals surface area contributed by atoms with Crippen LogP contribution in [0.3, 0.4) is 0 Å². The van der Waals surface area contributed by atoms with E-state index in [2.05, 4.69) is 0 Å². The number of rotatable bonds is 5. The van der Waals surface area contributed by atoms with Crippen LogP contribution in [-0.2, 0) is 17.8 Å². The van der Waals surface area contributed by atoms with Gasteiger partial charge in [-0.1, -0.05) is 6.07 Å². The molecule has 1 saturated heterocycles. The Balaban J connectivity index is 1.88. The Hall–Kier alpha value is -1.13. The summed E-state index contributed by atoms with van der Waals surface area (Å²) in [4.78, 5) is 11.9. The fourth-order valence-corrected chi connectivity index (χ4v) is 2.28. The number of hydrogen-bond donors (Lipinski definition) is 1. The molecule has 2 rings (SSSR count). The molecule has 1 fully saturated rings. The Morgan fingerprint density at radius 3 is 3.12 bits per heavy atom. The number of pyridine rings is 1. The smallest absolute Gasteiger partial charge is 0.255 e. The molecule has 1 aliphatic heterocycles. The third-order valence-corrected chi connectivity index (χ3v) is 3.27. The minimum absolute atomic E-state index is 0.0438. The molecule has 2 N–H and O–H groups in total. The lowest BCUT2D eigenvalue weighted by Gasteiger charge is -2.10. The van der Waals surface area contributed by atoms with Gasteiger partial charge in [-0.25, -0.2) is 0 Å². The first kappa shape index (κ1) is 12.3. The Bertz CT molecular complexity index is 408. The number of ether oxygens (including phenoxy) is 1. The van der Waals surface area contributed by atoms with Gasteiger partial charge in [0.2, 0.25) is 0 Å². The van der Waals surface area contributed by atoms with E-state index < -0.39 is 0 Å². The molecule has 2 heterocycles. The number of aryl methyl sites for hydroxylation is 1. The quantitative estimate of drug-likeness (QED) is 0.837. The molecule has 0 aromatic carbocycles. The van der Waals surface area contributed by atoms with Crippen molar-refractivity contribution < 1.29 is 4.74 Å². The van der Waals surface area contributed by atoms with E-state index in [1.807, 2.05) is 12.3 Å². The SMILES string of the molecule is NCc1cccn(CCCC2CCCO2)c1=O. The number of hydrogen-bond acceptors (Lipinski definition) is 3. The zero-order valence-electron chi connectivity index (χ0n) is 10.1. The predicted molar refractivity (Wildman–Crippen MR) is 66.8 cm³/mol. The summed E-state index contributed by atoms with van der Waals surface area (Å²) in [5.74, 6) is 0. The molecule has 17 heavy (non-hydrogen) atoms. The highest BCUT2D eigenvalue weighted by Gasteiger charge is 2.14. The molecule has 1 atom stereocenters. The summed E-state index contributed by atoms with van der Waals surface area (Å²) in [6.07, 6.45) is 6.60. The van der Waals surface area contributed by atoms with Crippen LogP contribution in [0.4, 0.5) is 0 Å². The summed E-state index contributed by atoms with van der Waals surface area (Å²) < 4.78 is 7.31. The number of nitrogens with zero attached hydrogens (tertiary/aromatic N) is 1. The van der Waals surface area contributed by atoms with Gasteiger partial charge in [0.1, 0.15) is 0 Å². The number of aromatic nitrogens is 1. The average molecular weight is 236 g/mol. The zero-order valence-corrected chi connectivity index (χ0v) is 10.1. The van der Waals surface area contributed by atoms with Crippen molar-refractivity contribution in [3.05, 3.63) is 34.2 Å². The third-order valence-electron chi connectivity index (χ3n) is 3.27. The second-order valence-electron chi connectivity index (χ2n) is 4.51. The third kappa shape index (κ3) is 3.17. The summed E-state index contributed by atoms with van der Waals surface area (Å²) in [6.45, 7) is 1.96. The van der Waals surface area contributed by atoms with Crippen LogP contribution >= 0.6 is 0 Å². The van der Waals surface area contributed by atoms with Crippen LogP contribution < -0.4 is 11.3 Å². The van der Waals surface area contributed by atoms with Gasteiger partial charge in [0, 0.05) is 31.5 Å². The minimum atomic E-state index is 0.0438. The molecule has 1 aromatic heterocycles. The van der Waals surface area contributed by atoms with Crippen LogP contribution in [0.1, 0.15) is 31.2 Å². The van der Waals surface area contributed by atoms with Crippen LogP contribution in [0.25, 0.3) is 0 Å². The first-order chi connectivity index (χ1) is 8.31. The topological polar surface area (TPSA) is 57.2 Å². The Morgan fingerprint density at radius 1 is 1.53 bits per heavy atom. The Morgan fingerprint density at radius 2 is 2.41 bits per heavy atom. The lowest BCUT2D eigenvalue weighted by atomic mass is 10.1. The second kappa shape index (κ2) is 5.98. The van der Waals surface area contributed by atoms with Crippen molar-refractivity contribution in [1.29, 1.82) is 0 Å². The molecular formula is C13H20N2O2. The molecule has 4 nitrogen and oxygen atoms in total. The van der Waals surface area contributed by atoms with Gasteiger partial charge >= 0.3 is 0 Å². The summed E-state index contributed by atoms with van der Waals surface area (Å²) in [6, 6.07) is 3.68. The zero-order chi connectivity index (χ0) is 12.1. The van der Waals surface area contributed by atoms with E-state index >= 15 is 0 Å². The molecule has 0 amide bonds. The van der Waals surface area contributed by atoms with Crippen LogP contribution in [0, 0.1) is 0 Å². The maximum Gasteiger partial charge on any atom is 0.255 e. The molecule has 0 aliphatic carbocycles. The average Bonchev–Trinajstić information content (AvgIpc) is 2.84. The molecule has 0 radical (unpaired) electrons. The summed E-state index contributed by atoms with van der Waals surface area (Å²) in [5, 5.41) is 0. The van der Waals surface area contributed by atoms with Crippen LogP contribution in [-0.4, -0.2) is 17.3 Å². The van der Waals surface area contributed by atoms with Gasteiger partial charge in [-0.3, -0.25) is 4.79 Å². The fourth-order valence-electron chi connectivity index (χ4n) is 2.28. The lowest BCUT2D eigenvalue weighted by Crippen LogP contribution is -2.25. The highest BCUT2D eigenvalue weighted by Crippen LogP contribution is 2.16. The van der Waals surface area contributed by atoms with Crippen molar-refractivity contribution in [1.82, 2.24) is 4.57 Å². The van der Waals surface area contributed by atoms with Crippen molar-refractivity contribution in [3.63, 3.8) is 0 Å². The molecule has 0 saturated carbocycles. The molecule has 4 heteroatoms. The van der Waals surface area contributed by atoms with E-state index in [1.165, 1.54) is 6.42 Å². The van der Waals surface area contributed by atoms with Gasteiger partial charge in [-0.05, 0) is 31.7 Å². The van der Waals surface area contributed by atoms with Crippen molar-refractivity contribution in [2.45, 2.75) is 44.9 Å².